The number of carbonyl (C=O) groups is 2. The first-order chi connectivity index (χ1) is 8.95. The van der Waals surface area contributed by atoms with Gasteiger partial charge in [0, 0.05) is 31.4 Å². The van der Waals surface area contributed by atoms with Gasteiger partial charge in [0.25, 0.3) is 0 Å². The van der Waals surface area contributed by atoms with Crippen LogP contribution in [0, 0.1) is 5.82 Å². The first kappa shape index (κ1) is 14.7. The van der Waals surface area contributed by atoms with Gasteiger partial charge < -0.3 is 15.3 Å². The van der Waals surface area contributed by atoms with Gasteiger partial charge in [-0.25, -0.2) is 9.18 Å². The molecule has 1 aromatic rings. The van der Waals surface area contributed by atoms with E-state index in [4.69, 9.17) is 5.11 Å². The fraction of sp³-hybridized carbons (Fsp3) is 0.231. The van der Waals surface area contributed by atoms with Crippen LogP contribution in [-0.4, -0.2) is 37.6 Å². The minimum Gasteiger partial charge on any atom is -0.478 e. The average molecular weight is 266 g/mol. The van der Waals surface area contributed by atoms with Gasteiger partial charge in [0.2, 0.25) is 5.91 Å². The van der Waals surface area contributed by atoms with Crippen LogP contribution in [0.5, 0.6) is 0 Å². The van der Waals surface area contributed by atoms with Gasteiger partial charge in [-0.3, -0.25) is 4.79 Å². The third-order valence-corrected chi connectivity index (χ3v) is 2.49. The van der Waals surface area contributed by atoms with E-state index in [1.165, 1.54) is 25.3 Å². The lowest BCUT2D eigenvalue weighted by Gasteiger charge is -2.20. The van der Waals surface area contributed by atoms with Crippen molar-refractivity contribution in [3.63, 3.8) is 0 Å². The molecular formula is C13H15FN2O3. The summed E-state index contributed by atoms with van der Waals surface area (Å²) in [6.07, 6.45) is 2.03. The molecule has 0 aromatic heterocycles. The molecule has 19 heavy (non-hydrogen) atoms. The largest absolute Gasteiger partial charge is 0.478 e. The summed E-state index contributed by atoms with van der Waals surface area (Å²) in [5, 5.41) is 11.1. The number of hydrogen-bond donors (Lipinski definition) is 2. The second kappa shape index (κ2) is 6.53. The number of anilines is 1. The fourth-order valence-corrected chi connectivity index (χ4v) is 1.56. The standard InChI is InChI=1S/C13H15FN2O3/c1-15-12(17)8-16(2)11-5-3-4-10(14)9(11)6-7-13(18)19/h3-7H,8H2,1-2H3,(H,15,17)(H,18,19)/b7-6+. The van der Waals surface area contributed by atoms with Crippen LogP contribution in [0.2, 0.25) is 0 Å². The zero-order chi connectivity index (χ0) is 14.4. The Morgan fingerprint density at radius 2 is 2.16 bits per heavy atom. The van der Waals surface area contributed by atoms with Gasteiger partial charge in [-0.2, -0.15) is 0 Å². The molecule has 5 nitrogen and oxygen atoms in total. The number of rotatable bonds is 5. The topological polar surface area (TPSA) is 69.6 Å². The first-order valence-corrected chi connectivity index (χ1v) is 5.57. The molecule has 2 N–H and O–H groups in total. The Bertz CT molecular complexity index is 515. The molecule has 0 unspecified atom stereocenters. The molecule has 0 atom stereocenters. The van der Waals surface area contributed by atoms with Crippen molar-refractivity contribution in [1.82, 2.24) is 5.32 Å². The monoisotopic (exact) mass is 266 g/mol. The number of amides is 1. The number of nitrogens with one attached hydrogen (secondary N) is 1. The van der Waals surface area contributed by atoms with E-state index in [-0.39, 0.29) is 18.0 Å². The highest BCUT2D eigenvalue weighted by Gasteiger charge is 2.12. The summed E-state index contributed by atoms with van der Waals surface area (Å²) in [5.41, 5.74) is 0.581. The van der Waals surface area contributed by atoms with Crippen molar-refractivity contribution in [2.75, 3.05) is 25.5 Å². The van der Waals surface area contributed by atoms with Crippen LogP contribution >= 0.6 is 0 Å². The Hall–Kier alpha value is -2.37. The SMILES string of the molecule is CNC(=O)CN(C)c1cccc(F)c1/C=C/C(=O)O. The normalized spacial score (nSPS) is 10.5. The van der Waals surface area contributed by atoms with Crippen LogP contribution in [0.25, 0.3) is 6.08 Å². The molecule has 1 rings (SSSR count). The highest BCUT2D eigenvalue weighted by Crippen LogP contribution is 2.23. The van der Waals surface area contributed by atoms with Crippen LogP contribution in [0.15, 0.2) is 24.3 Å². The second-order valence-corrected chi connectivity index (χ2v) is 3.87. The van der Waals surface area contributed by atoms with Gasteiger partial charge in [0.05, 0.1) is 6.54 Å². The minimum atomic E-state index is -1.16. The van der Waals surface area contributed by atoms with Crippen LogP contribution in [0.4, 0.5) is 10.1 Å². The lowest BCUT2D eigenvalue weighted by atomic mass is 10.1. The third-order valence-electron chi connectivity index (χ3n) is 2.49. The van der Waals surface area contributed by atoms with Gasteiger partial charge in [0.15, 0.2) is 0 Å². The summed E-state index contributed by atoms with van der Waals surface area (Å²) in [7, 11) is 3.13. The van der Waals surface area contributed by atoms with Crippen LogP contribution < -0.4 is 10.2 Å². The smallest absolute Gasteiger partial charge is 0.328 e. The summed E-state index contributed by atoms with van der Waals surface area (Å²) in [6, 6.07) is 4.36. The quantitative estimate of drug-likeness (QED) is 0.783. The minimum absolute atomic E-state index is 0.0495. The highest BCUT2D eigenvalue weighted by atomic mass is 19.1. The number of carboxylic acid groups (broad SMARTS) is 1. The van der Waals surface area contributed by atoms with Crippen LogP contribution in [0.1, 0.15) is 5.56 Å². The number of likely N-dealkylation sites (N-methyl/N-ethyl adjacent to an activating group) is 2. The Kier molecular flexibility index (Phi) is 5.05. The molecule has 0 heterocycles. The number of aliphatic carboxylic acids is 1. The number of carboxylic acids is 1. The van der Waals surface area contributed by atoms with Gasteiger partial charge in [0.1, 0.15) is 5.82 Å². The lowest BCUT2D eigenvalue weighted by molar-refractivity contribution is -0.131. The fourth-order valence-electron chi connectivity index (χ4n) is 1.56. The molecule has 0 saturated carbocycles. The van der Waals surface area contributed by atoms with Gasteiger partial charge in [-0.15, -0.1) is 0 Å². The maximum Gasteiger partial charge on any atom is 0.328 e. The van der Waals surface area contributed by atoms with E-state index in [0.29, 0.717) is 5.69 Å². The van der Waals surface area contributed by atoms with E-state index in [1.807, 2.05) is 0 Å². The van der Waals surface area contributed by atoms with E-state index in [2.05, 4.69) is 5.32 Å². The molecule has 0 aliphatic rings. The second-order valence-electron chi connectivity index (χ2n) is 3.87. The molecule has 0 radical (unpaired) electrons. The molecule has 6 heteroatoms. The maximum absolute atomic E-state index is 13.7. The molecule has 0 aliphatic heterocycles. The van der Waals surface area contributed by atoms with E-state index in [9.17, 15) is 14.0 Å². The van der Waals surface area contributed by atoms with Crippen molar-refractivity contribution in [1.29, 1.82) is 0 Å². The number of carbonyl (C=O) groups excluding carboxylic acids is 1. The Morgan fingerprint density at radius 3 is 2.74 bits per heavy atom. The van der Waals surface area contributed by atoms with E-state index in [0.717, 1.165) is 6.08 Å². The Labute approximate surface area is 110 Å². The zero-order valence-corrected chi connectivity index (χ0v) is 10.7. The summed E-state index contributed by atoms with van der Waals surface area (Å²) in [5.74, 6) is -1.93. The number of halogens is 1. The van der Waals surface area contributed by atoms with E-state index in [1.54, 1.807) is 18.0 Å². The van der Waals surface area contributed by atoms with Crippen LogP contribution in [-0.2, 0) is 9.59 Å². The summed E-state index contributed by atoms with van der Waals surface area (Å²) in [4.78, 5) is 23.3. The molecule has 102 valence electrons. The zero-order valence-electron chi connectivity index (χ0n) is 10.7. The van der Waals surface area contributed by atoms with Crippen molar-refractivity contribution in [3.8, 4) is 0 Å². The highest BCUT2D eigenvalue weighted by molar-refractivity contribution is 5.88. The molecule has 0 saturated heterocycles. The number of hydrogen-bond acceptors (Lipinski definition) is 3. The Balaban J connectivity index is 3.09. The molecule has 1 aromatic carbocycles. The van der Waals surface area contributed by atoms with Crippen molar-refractivity contribution in [2.24, 2.45) is 0 Å². The van der Waals surface area contributed by atoms with Gasteiger partial charge in [-0.05, 0) is 18.2 Å². The predicted molar refractivity (Wildman–Crippen MR) is 70.4 cm³/mol. The molecule has 0 spiro atoms. The predicted octanol–water partition coefficient (Wildman–Crippen LogP) is 1.11. The molecular weight excluding hydrogens is 251 g/mol. The van der Waals surface area contributed by atoms with E-state index >= 15 is 0 Å². The summed E-state index contributed by atoms with van der Waals surface area (Å²) >= 11 is 0. The maximum atomic E-state index is 13.7. The first-order valence-electron chi connectivity index (χ1n) is 5.57. The van der Waals surface area contributed by atoms with E-state index < -0.39 is 11.8 Å². The summed E-state index contributed by atoms with van der Waals surface area (Å²) in [6.45, 7) is 0.0495. The van der Waals surface area contributed by atoms with Crippen molar-refractivity contribution < 1.29 is 19.1 Å². The van der Waals surface area contributed by atoms with Crippen molar-refractivity contribution in [3.05, 3.63) is 35.7 Å². The molecule has 0 fully saturated rings. The number of benzene rings is 1. The average Bonchev–Trinajstić information content (AvgIpc) is 2.36. The lowest BCUT2D eigenvalue weighted by Crippen LogP contribution is -2.33. The van der Waals surface area contributed by atoms with Crippen molar-refractivity contribution >= 4 is 23.6 Å². The Morgan fingerprint density at radius 1 is 1.47 bits per heavy atom. The molecule has 0 aliphatic carbocycles. The molecule has 0 bridgehead atoms. The van der Waals surface area contributed by atoms with Gasteiger partial charge >= 0.3 is 5.97 Å². The van der Waals surface area contributed by atoms with Crippen molar-refractivity contribution in [2.45, 2.75) is 0 Å². The third kappa shape index (κ3) is 4.09. The van der Waals surface area contributed by atoms with Gasteiger partial charge in [-0.1, -0.05) is 6.07 Å². The summed E-state index contributed by atoms with van der Waals surface area (Å²) < 4.78 is 13.7. The molecule has 1 amide bonds. The number of nitrogens with zero attached hydrogens (tertiary/aromatic N) is 1. The van der Waals surface area contributed by atoms with Crippen LogP contribution in [0.3, 0.4) is 0 Å².